The van der Waals surface area contributed by atoms with E-state index in [1.807, 2.05) is 48.5 Å². The van der Waals surface area contributed by atoms with E-state index < -0.39 is 0 Å². The van der Waals surface area contributed by atoms with Crippen molar-refractivity contribution in [3.63, 3.8) is 0 Å². The fraction of sp³-hybridized carbons (Fsp3) is 0.118. The molecule has 0 aliphatic carbocycles. The Bertz CT molecular complexity index is 543. The lowest BCUT2D eigenvalue weighted by molar-refractivity contribution is 0.102. The van der Waals surface area contributed by atoms with Gasteiger partial charge in [0.2, 0.25) is 0 Å². The van der Waals surface area contributed by atoms with Crippen LogP contribution in [-0.4, -0.2) is 11.5 Å². The summed E-state index contributed by atoms with van der Waals surface area (Å²) < 4.78 is 0. The minimum Gasteiger partial charge on any atom is -0.293 e. The summed E-state index contributed by atoms with van der Waals surface area (Å²) in [5.41, 5.74) is 3.14. The highest BCUT2D eigenvalue weighted by atomic mass is 32.2. The topological polar surface area (TPSA) is 17.1 Å². The highest BCUT2D eigenvalue weighted by Crippen LogP contribution is 2.15. The molecule has 0 saturated heterocycles. The van der Waals surface area contributed by atoms with Gasteiger partial charge in [0.05, 0.1) is 5.75 Å². The molecule has 0 saturated carbocycles. The second-order valence-corrected chi connectivity index (χ2v) is 5.21. The molecule has 96 valence electrons. The Kier molecular flexibility index (Phi) is 4.99. The maximum atomic E-state index is 11.9. The van der Waals surface area contributed by atoms with E-state index in [1.165, 1.54) is 5.56 Å². The van der Waals surface area contributed by atoms with Gasteiger partial charge in [-0.1, -0.05) is 67.3 Å². The Morgan fingerprint density at radius 2 is 1.74 bits per heavy atom. The zero-order valence-corrected chi connectivity index (χ0v) is 11.5. The predicted molar refractivity (Wildman–Crippen MR) is 83.5 cm³/mol. The van der Waals surface area contributed by atoms with Crippen LogP contribution in [0.2, 0.25) is 0 Å². The first-order chi connectivity index (χ1) is 9.29. The number of Topliss-reactive ketones (excluding diaryl/α,β-unsaturated/α-hetero) is 1. The number of carbonyl (C=O) groups excluding carboxylic acids is 1. The molecule has 0 aliphatic heterocycles. The Labute approximate surface area is 118 Å². The van der Waals surface area contributed by atoms with E-state index in [2.05, 4.69) is 18.7 Å². The van der Waals surface area contributed by atoms with Crippen LogP contribution in [0, 0.1) is 0 Å². The Hall–Kier alpha value is -1.80. The third-order valence-electron chi connectivity index (χ3n) is 2.81. The molecule has 2 aromatic carbocycles. The van der Waals surface area contributed by atoms with Crippen LogP contribution < -0.4 is 0 Å². The van der Waals surface area contributed by atoms with Crippen LogP contribution in [0.25, 0.3) is 6.08 Å². The van der Waals surface area contributed by atoms with Gasteiger partial charge in [0.15, 0.2) is 5.78 Å². The molecule has 0 radical (unpaired) electrons. The molecule has 0 heterocycles. The number of benzene rings is 2. The van der Waals surface area contributed by atoms with Crippen LogP contribution in [0.4, 0.5) is 0 Å². The Morgan fingerprint density at radius 1 is 1.05 bits per heavy atom. The fourth-order valence-electron chi connectivity index (χ4n) is 1.72. The molecular weight excluding hydrogens is 252 g/mol. The molecule has 0 fully saturated rings. The van der Waals surface area contributed by atoms with Gasteiger partial charge in [0.25, 0.3) is 0 Å². The van der Waals surface area contributed by atoms with Crippen molar-refractivity contribution < 1.29 is 4.79 Å². The molecule has 0 atom stereocenters. The van der Waals surface area contributed by atoms with Crippen molar-refractivity contribution in [2.24, 2.45) is 0 Å². The SMILES string of the molecule is C=Cc1ccc(CSCC(=O)c2ccccc2)cc1. The van der Waals surface area contributed by atoms with E-state index in [4.69, 9.17) is 0 Å². The molecule has 1 nitrogen and oxygen atoms in total. The standard InChI is InChI=1S/C17H16OS/c1-2-14-8-10-15(11-9-14)12-19-13-17(18)16-6-4-3-5-7-16/h2-11H,1,12-13H2. The number of ketones is 1. The van der Waals surface area contributed by atoms with Gasteiger partial charge in [0.1, 0.15) is 0 Å². The van der Waals surface area contributed by atoms with Gasteiger partial charge >= 0.3 is 0 Å². The van der Waals surface area contributed by atoms with E-state index in [-0.39, 0.29) is 5.78 Å². The minimum absolute atomic E-state index is 0.188. The fourth-order valence-corrected chi connectivity index (χ4v) is 2.60. The van der Waals surface area contributed by atoms with Crippen molar-refractivity contribution in [3.05, 3.63) is 77.9 Å². The first kappa shape index (κ1) is 13.6. The van der Waals surface area contributed by atoms with Crippen molar-refractivity contribution in [3.8, 4) is 0 Å². The number of hydrogen-bond acceptors (Lipinski definition) is 2. The van der Waals surface area contributed by atoms with E-state index in [0.717, 1.165) is 16.9 Å². The largest absolute Gasteiger partial charge is 0.293 e. The number of rotatable bonds is 6. The minimum atomic E-state index is 0.188. The zero-order chi connectivity index (χ0) is 13.5. The summed E-state index contributed by atoms with van der Waals surface area (Å²) in [6, 6.07) is 17.7. The van der Waals surface area contributed by atoms with Crippen LogP contribution in [0.5, 0.6) is 0 Å². The molecule has 0 aliphatic rings. The lowest BCUT2D eigenvalue weighted by Crippen LogP contribution is -2.02. The molecule has 0 aromatic heterocycles. The molecular formula is C17H16OS. The quantitative estimate of drug-likeness (QED) is 0.720. The summed E-state index contributed by atoms with van der Waals surface area (Å²) in [6.45, 7) is 3.73. The van der Waals surface area contributed by atoms with Gasteiger partial charge in [-0.05, 0) is 11.1 Å². The second kappa shape index (κ2) is 6.95. The number of thioether (sulfide) groups is 1. The lowest BCUT2D eigenvalue weighted by Gasteiger charge is -2.03. The van der Waals surface area contributed by atoms with Crippen molar-refractivity contribution in [1.82, 2.24) is 0 Å². The second-order valence-electron chi connectivity index (χ2n) is 4.23. The van der Waals surface area contributed by atoms with Crippen molar-refractivity contribution in [2.75, 3.05) is 5.75 Å². The van der Waals surface area contributed by atoms with Crippen LogP contribution in [0.1, 0.15) is 21.5 Å². The highest BCUT2D eigenvalue weighted by Gasteiger charge is 2.04. The van der Waals surface area contributed by atoms with Gasteiger partial charge in [0, 0.05) is 11.3 Å². The van der Waals surface area contributed by atoms with Gasteiger partial charge in [-0.2, -0.15) is 0 Å². The summed E-state index contributed by atoms with van der Waals surface area (Å²) in [7, 11) is 0. The van der Waals surface area contributed by atoms with Crippen molar-refractivity contribution >= 4 is 23.6 Å². The molecule has 2 heteroatoms. The maximum absolute atomic E-state index is 11.9. The number of hydrogen-bond donors (Lipinski definition) is 0. The summed E-state index contributed by atoms with van der Waals surface area (Å²) in [5, 5.41) is 0. The third kappa shape index (κ3) is 4.11. The maximum Gasteiger partial charge on any atom is 0.172 e. The first-order valence-electron chi connectivity index (χ1n) is 6.17. The molecule has 0 unspecified atom stereocenters. The van der Waals surface area contributed by atoms with Gasteiger partial charge in [-0.3, -0.25) is 4.79 Å². The smallest absolute Gasteiger partial charge is 0.172 e. The third-order valence-corrected chi connectivity index (χ3v) is 3.82. The van der Waals surface area contributed by atoms with Gasteiger partial charge in [-0.25, -0.2) is 0 Å². The van der Waals surface area contributed by atoms with E-state index in [1.54, 1.807) is 11.8 Å². The van der Waals surface area contributed by atoms with Crippen LogP contribution in [-0.2, 0) is 5.75 Å². The van der Waals surface area contributed by atoms with E-state index in [9.17, 15) is 4.79 Å². The molecule has 19 heavy (non-hydrogen) atoms. The average molecular weight is 268 g/mol. The predicted octanol–water partition coefficient (Wildman–Crippen LogP) is 4.45. The molecule has 0 spiro atoms. The van der Waals surface area contributed by atoms with Crippen LogP contribution in [0.3, 0.4) is 0 Å². The first-order valence-corrected chi connectivity index (χ1v) is 7.32. The molecule has 2 aromatic rings. The van der Waals surface area contributed by atoms with Crippen molar-refractivity contribution in [1.29, 1.82) is 0 Å². The Balaban J connectivity index is 1.83. The Morgan fingerprint density at radius 3 is 2.37 bits per heavy atom. The zero-order valence-electron chi connectivity index (χ0n) is 10.7. The normalized spacial score (nSPS) is 10.1. The highest BCUT2D eigenvalue weighted by molar-refractivity contribution is 7.99. The van der Waals surface area contributed by atoms with Crippen molar-refractivity contribution in [2.45, 2.75) is 5.75 Å². The number of carbonyl (C=O) groups is 1. The molecule has 0 bridgehead atoms. The van der Waals surface area contributed by atoms with E-state index in [0.29, 0.717) is 5.75 Å². The monoisotopic (exact) mass is 268 g/mol. The molecule has 2 rings (SSSR count). The van der Waals surface area contributed by atoms with Gasteiger partial charge < -0.3 is 0 Å². The van der Waals surface area contributed by atoms with Gasteiger partial charge in [-0.15, -0.1) is 11.8 Å². The molecule has 0 amide bonds. The van der Waals surface area contributed by atoms with E-state index >= 15 is 0 Å². The van der Waals surface area contributed by atoms with Crippen LogP contribution in [0.15, 0.2) is 61.2 Å². The molecule has 0 N–H and O–H groups in total. The summed E-state index contributed by atoms with van der Waals surface area (Å²) in [6.07, 6.45) is 1.83. The average Bonchev–Trinajstić information content (AvgIpc) is 2.49. The van der Waals surface area contributed by atoms with Crippen LogP contribution >= 0.6 is 11.8 Å². The summed E-state index contributed by atoms with van der Waals surface area (Å²) >= 11 is 1.65. The summed E-state index contributed by atoms with van der Waals surface area (Å²) in [4.78, 5) is 11.9. The summed E-state index contributed by atoms with van der Waals surface area (Å²) in [5.74, 6) is 1.57. The lowest BCUT2D eigenvalue weighted by atomic mass is 10.1.